The summed E-state index contributed by atoms with van der Waals surface area (Å²) in [5, 5.41) is 11.0. The summed E-state index contributed by atoms with van der Waals surface area (Å²) in [6, 6.07) is 3.30. The maximum atomic E-state index is 11.0. The van der Waals surface area contributed by atoms with Crippen LogP contribution in [0.2, 0.25) is 0 Å². The Morgan fingerprint density at radius 1 is 1.56 bits per heavy atom. The first-order valence-electron chi connectivity index (χ1n) is 5.66. The summed E-state index contributed by atoms with van der Waals surface area (Å²) in [4.78, 5) is 10.6. The summed E-state index contributed by atoms with van der Waals surface area (Å²) in [6.07, 6.45) is 2.17. The molecule has 0 unspecified atom stereocenters. The normalized spacial score (nSPS) is 16.4. The Hall–Kier alpha value is -0.750. The number of thiol groups is 1. The third-order valence-corrected chi connectivity index (χ3v) is 4.36. The summed E-state index contributed by atoms with van der Waals surface area (Å²) in [5.41, 5.74) is 0.902. The van der Waals surface area contributed by atoms with Crippen LogP contribution in [0.5, 0.6) is 5.75 Å². The van der Waals surface area contributed by atoms with E-state index in [0.717, 1.165) is 24.2 Å². The van der Waals surface area contributed by atoms with E-state index in [0.29, 0.717) is 16.8 Å². The molecule has 1 aromatic rings. The van der Waals surface area contributed by atoms with Gasteiger partial charge in [0.25, 0.3) is 0 Å². The summed E-state index contributed by atoms with van der Waals surface area (Å²) in [6.45, 7) is 2.31. The van der Waals surface area contributed by atoms with Gasteiger partial charge in [-0.25, -0.2) is 0 Å². The van der Waals surface area contributed by atoms with Gasteiger partial charge >= 0.3 is 5.69 Å². The van der Waals surface area contributed by atoms with Gasteiger partial charge in [-0.3, -0.25) is 10.1 Å². The first kappa shape index (κ1) is 13.7. The number of aryl methyl sites for hydroxylation is 1. The molecule has 0 radical (unpaired) electrons. The van der Waals surface area contributed by atoms with Crippen molar-refractivity contribution in [1.82, 2.24) is 0 Å². The van der Waals surface area contributed by atoms with E-state index < -0.39 is 4.92 Å². The van der Waals surface area contributed by atoms with E-state index >= 15 is 0 Å². The minimum atomic E-state index is -0.409. The second-order valence-electron chi connectivity index (χ2n) is 4.77. The lowest BCUT2D eigenvalue weighted by Crippen LogP contribution is -2.15. The fourth-order valence-corrected chi connectivity index (χ4v) is 2.75. The highest BCUT2D eigenvalue weighted by Crippen LogP contribution is 2.47. The number of nitro groups is 1. The zero-order valence-corrected chi connectivity index (χ0v) is 12.5. The minimum absolute atomic E-state index is 0.0110. The van der Waals surface area contributed by atoms with Crippen molar-refractivity contribution in [1.29, 1.82) is 0 Å². The van der Waals surface area contributed by atoms with Gasteiger partial charge in [0.1, 0.15) is 0 Å². The van der Waals surface area contributed by atoms with E-state index in [9.17, 15) is 10.1 Å². The fraction of sp³-hybridized carbons (Fsp3) is 0.500. The Bertz CT molecular complexity index is 488. The Morgan fingerprint density at radius 2 is 2.22 bits per heavy atom. The van der Waals surface area contributed by atoms with Gasteiger partial charge in [-0.2, -0.15) is 12.6 Å². The Morgan fingerprint density at radius 3 is 2.72 bits per heavy atom. The van der Waals surface area contributed by atoms with Gasteiger partial charge in [-0.15, -0.1) is 0 Å². The van der Waals surface area contributed by atoms with E-state index in [1.54, 1.807) is 0 Å². The molecule has 1 fully saturated rings. The highest BCUT2D eigenvalue weighted by molar-refractivity contribution is 9.10. The molecule has 1 aliphatic rings. The number of halogens is 1. The molecule has 18 heavy (non-hydrogen) atoms. The molecule has 0 N–H and O–H groups in total. The highest BCUT2D eigenvalue weighted by Gasteiger charge is 2.42. The van der Waals surface area contributed by atoms with Crippen molar-refractivity contribution in [3.05, 3.63) is 32.3 Å². The average Bonchev–Trinajstić information content (AvgIpc) is 3.07. The van der Waals surface area contributed by atoms with Crippen LogP contribution in [0.3, 0.4) is 0 Å². The van der Waals surface area contributed by atoms with Crippen molar-refractivity contribution in [3.63, 3.8) is 0 Å². The van der Waals surface area contributed by atoms with Crippen LogP contribution in [0.4, 0.5) is 5.69 Å². The summed E-state index contributed by atoms with van der Waals surface area (Å²) < 4.78 is 6.38. The van der Waals surface area contributed by atoms with Gasteiger partial charge < -0.3 is 4.74 Å². The number of nitrogens with zero attached hydrogens (tertiary/aromatic N) is 1. The summed E-state index contributed by atoms with van der Waals surface area (Å²) >= 11 is 7.56. The second-order valence-corrected chi connectivity index (χ2v) is 6.01. The van der Waals surface area contributed by atoms with Crippen molar-refractivity contribution in [2.45, 2.75) is 19.8 Å². The third-order valence-electron chi connectivity index (χ3n) is 3.23. The van der Waals surface area contributed by atoms with E-state index in [1.807, 2.05) is 13.0 Å². The van der Waals surface area contributed by atoms with Crippen LogP contribution in [0.25, 0.3) is 0 Å². The SMILES string of the molecule is Cc1cc(Br)cc([N+](=O)[O-])c1OCC1(CS)CC1. The summed E-state index contributed by atoms with van der Waals surface area (Å²) in [5.74, 6) is 1.13. The zero-order valence-electron chi connectivity index (χ0n) is 9.98. The minimum Gasteiger partial charge on any atom is -0.486 e. The molecule has 0 saturated heterocycles. The van der Waals surface area contributed by atoms with Crippen molar-refractivity contribution < 1.29 is 9.66 Å². The topological polar surface area (TPSA) is 52.4 Å². The van der Waals surface area contributed by atoms with Crippen LogP contribution in [0, 0.1) is 22.5 Å². The van der Waals surface area contributed by atoms with Gasteiger partial charge in [0, 0.05) is 16.0 Å². The summed E-state index contributed by atoms with van der Waals surface area (Å²) in [7, 11) is 0. The van der Waals surface area contributed by atoms with Crippen LogP contribution < -0.4 is 4.74 Å². The van der Waals surface area contributed by atoms with Crippen molar-refractivity contribution in [2.75, 3.05) is 12.4 Å². The van der Waals surface area contributed by atoms with Crippen LogP contribution in [-0.4, -0.2) is 17.3 Å². The Kier molecular flexibility index (Phi) is 3.87. The molecule has 0 aliphatic heterocycles. The van der Waals surface area contributed by atoms with Crippen molar-refractivity contribution in [2.24, 2.45) is 5.41 Å². The maximum absolute atomic E-state index is 11.0. The molecule has 0 atom stereocenters. The van der Waals surface area contributed by atoms with Gasteiger partial charge in [-0.1, -0.05) is 15.9 Å². The van der Waals surface area contributed by atoms with E-state index in [4.69, 9.17) is 4.74 Å². The van der Waals surface area contributed by atoms with Gasteiger partial charge in [-0.05, 0) is 37.1 Å². The molecule has 0 heterocycles. The number of hydrogen-bond acceptors (Lipinski definition) is 4. The van der Waals surface area contributed by atoms with E-state index in [-0.39, 0.29) is 11.1 Å². The van der Waals surface area contributed by atoms with Crippen molar-refractivity contribution in [3.8, 4) is 5.75 Å². The number of nitro benzene ring substituents is 1. The Labute approximate surface area is 119 Å². The molecular formula is C12H14BrNO3S. The molecule has 0 spiro atoms. The molecule has 0 bridgehead atoms. The Balaban J connectivity index is 2.23. The monoisotopic (exact) mass is 331 g/mol. The van der Waals surface area contributed by atoms with Crippen LogP contribution in [0.15, 0.2) is 16.6 Å². The molecule has 1 saturated carbocycles. The number of ether oxygens (including phenoxy) is 1. The van der Waals surface area contributed by atoms with Crippen LogP contribution >= 0.6 is 28.6 Å². The second kappa shape index (κ2) is 5.09. The quantitative estimate of drug-likeness (QED) is 0.507. The molecule has 98 valence electrons. The molecule has 0 aromatic heterocycles. The molecule has 6 heteroatoms. The molecule has 1 aliphatic carbocycles. The lowest BCUT2D eigenvalue weighted by atomic mass is 10.1. The lowest BCUT2D eigenvalue weighted by Gasteiger charge is -2.15. The van der Waals surface area contributed by atoms with E-state index in [1.165, 1.54) is 6.07 Å². The predicted molar refractivity (Wildman–Crippen MR) is 76.5 cm³/mol. The van der Waals surface area contributed by atoms with Gasteiger partial charge in [0.15, 0.2) is 5.75 Å². The van der Waals surface area contributed by atoms with Crippen molar-refractivity contribution >= 4 is 34.2 Å². The molecule has 0 amide bonds. The largest absolute Gasteiger partial charge is 0.486 e. The average molecular weight is 332 g/mol. The zero-order chi connectivity index (χ0) is 13.3. The molecule has 2 rings (SSSR count). The third kappa shape index (κ3) is 2.80. The van der Waals surface area contributed by atoms with Gasteiger partial charge in [0.05, 0.1) is 11.5 Å². The maximum Gasteiger partial charge on any atom is 0.312 e. The van der Waals surface area contributed by atoms with Crippen LogP contribution in [-0.2, 0) is 0 Å². The molecule has 4 nitrogen and oxygen atoms in total. The molecular weight excluding hydrogens is 318 g/mol. The smallest absolute Gasteiger partial charge is 0.312 e. The number of benzene rings is 1. The first-order valence-corrected chi connectivity index (χ1v) is 7.08. The number of hydrogen-bond donors (Lipinski definition) is 1. The highest BCUT2D eigenvalue weighted by atomic mass is 79.9. The van der Waals surface area contributed by atoms with E-state index in [2.05, 4.69) is 28.6 Å². The first-order chi connectivity index (χ1) is 8.47. The fourth-order valence-electron chi connectivity index (χ4n) is 1.79. The number of rotatable bonds is 5. The lowest BCUT2D eigenvalue weighted by molar-refractivity contribution is -0.386. The van der Waals surface area contributed by atoms with Crippen LogP contribution in [0.1, 0.15) is 18.4 Å². The van der Waals surface area contributed by atoms with Gasteiger partial charge in [0.2, 0.25) is 0 Å². The molecule has 1 aromatic carbocycles. The predicted octanol–water partition coefficient (Wildman–Crippen LogP) is 3.75. The standard InChI is InChI=1S/C12H14BrNO3S/c1-8-4-9(13)5-10(14(15)16)11(8)17-6-12(7-18)2-3-12/h4-5,18H,2-3,6-7H2,1H3.